The zero-order valence-corrected chi connectivity index (χ0v) is 29.4. The summed E-state index contributed by atoms with van der Waals surface area (Å²) in [6, 6.07) is 72.1. The highest BCUT2D eigenvalue weighted by Gasteiger charge is 2.21. The summed E-state index contributed by atoms with van der Waals surface area (Å²) in [7, 11) is 0. The number of anilines is 3. The van der Waals surface area contributed by atoms with E-state index in [0.717, 1.165) is 44.6 Å². The average Bonchev–Trinajstić information content (AvgIpc) is 3.60. The molecule has 0 saturated heterocycles. The maximum Gasteiger partial charge on any atom is 0.143 e. The molecular formula is C52H33NO. The molecule has 2 heteroatoms. The third-order valence-corrected chi connectivity index (χ3v) is 11.0. The number of hydrogen-bond acceptors (Lipinski definition) is 2. The van der Waals surface area contributed by atoms with Crippen molar-refractivity contribution in [3.63, 3.8) is 0 Å². The lowest BCUT2D eigenvalue weighted by molar-refractivity contribution is 0.670. The summed E-state index contributed by atoms with van der Waals surface area (Å²) in [4.78, 5) is 2.34. The fourth-order valence-corrected chi connectivity index (χ4v) is 8.43. The number of hydrogen-bond donors (Lipinski definition) is 0. The van der Waals surface area contributed by atoms with Crippen LogP contribution in [0.4, 0.5) is 17.1 Å². The molecule has 0 atom stereocenters. The van der Waals surface area contributed by atoms with E-state index < -0.39 is 0 Å². The van der Waals surface area contributed by atoms with E-state index in [9.17, 15) is 0 Å². The molecule has 0 amide bonds. The van der Waals surface area contributed by atoms with Crippen molar-refractivity contribution in [2.45, 2.75) is 0 Å². The predicted octanol–water partition coefficient (Wildman–Crippen LogP) is 15.0. The Hall–Kier alpha value is -7.16. The standard InChI is InChI=1S/C52H33NO/c1-2-12-34(13-3-1)36-22-25-40(26-23-36)53(41-27-24-35-14-4-5-15-37(35)30-41)42-28-29-47-49-32-39-17-7-9-19-44(39)51(52(49)54-50(47)33-42)48-31-38-16-6-8-18-43(38)45-20-10-11-21-46(45)48/h1-33H. The average molecular weight is 688 g/mol. The molecule has 0 unspecified atom stereocenters. The van der Waals surface area contributed by atoms with Crippen LogP contribution < -0.4 is 4.90 Å². The van der Waals surface area contributed by atoms with Gasteiger partial charge in [0.2, 0.25) is 0 Å². The summed E-state index contributed by atoms with van der Waals surface area (Å²) in [6.45, 7) is 0. The van der Waals surface area contributed by atoms with Crippen molar-refractivity contribution in [2.75, 3.05) is 4.90 Å². The molecule has 1 heterocycles. The summed E-state index contributed by atoms with van der Waals surface area (Å²) in [6.07, 6.45) is 0. The molecule has 11 aromatic rings. The fraction of sp³-hybridized carbons (Fsp3) is 0. The van der Waals surface area contributed by atoms with Crippen LogP contribution in [-0.4, -0.2) is 0 Å². The molecule has 0 N–H and O–H groups in total. The highest BCUT2D eigenvalue weighted by Crippen LogP contribution is 2.46. The summed E-state index contributed by atoms with van der Waals surface area (Å²) in [5, 5.41) is 11.9. The van der Waals surface area contributed by atoms with Crippen LogP contribution in [-0.2, 0) is 0 Å². The Kier molecular flexibility index (Phi) is 6.90. The fourth-order valence-electron chi connectivity index (χ4n) is 8.43. The second-order valence-electron chi connectivity index (χ2n) is 14.1. The van der Waals surface area contributed by atoms with Gasteiger partial charge in [0.1, 0.15) is 11.2 Å². The molecular weight excluding hydrogens is 655 g/mol. The second kappa shape index (κ2) is 12.2. The first-order valence-electron chi connectivity index (χ1n) is 18.5. The Morgan fingerprint density at radius 2 is 0.889 bits per heavy atom. The Balaban J connectivity index is 1.14. The summed E-state index contributed by atoms with van der Waals surface area (Å²) >= 11 is 0. The molecule has 11 rings (SSSR count). The number of fused-ring (bicyclic) bond motifs is 8. The van der Waals surface area contributed by atoms with Crippen molar-refractivity contribution in [1.82, 2.24) is 0 Å². The van der Waals surface area contributed by atoms with E-state index in [2.05, 4.69) is 205 Å². The summed E-state index contributed by atoms with van der Waals surface area (Å²) in [5.74, 6) is 0. The SMILES string of the molecule is c1ccc(-c2ccc(N(c3ccc4ccccc4c3)c3ccc4c(c3)oc3c(-c5cc6ccccc6c6ccccc56)c5ccccc5cc34)cc2)cc1. The molecule has 0 fully saturated rings. The van der Waals surface area contributed by atoms with E-state index in [1.807, 2.05) is 0 Å². The maximum atomic E-state index is 7.09. The lowest BCUT2D eigenvalue weighted by Crippen LogP contribution is -2.09. The lowest BCUT2D eigenvalue weighted by atomic mass is 9.89. The summed E-state index contributed by atoms with van der Waals surface area (Å²) in [5.41, 5.74) is 9.67. The van der Waals surface area contributed by atoms with Gasteiger partial charge in [-0.1, -0.05) is 146 Å². The zero-order chi connectivity index (χ0) is 35.6. The predicted molar refractivity (Wildman–Crippen MR) is 229 cm³/mol. The van der Waals surface area contributed by atoms with Crippen molar-refractivity contribution in [3.8, 4) is 22.3 Å². The highest BCUT2D eigenvalue weighted by molar-refractivity contribution is 6.23. The molecule has 2 nitrogen and oxygen atoms in total. The van der Waals surface area contributed by atoms with Gasteiger partial charge in [0.25, 0.3) is 0 Å². The van der Waals surface area contributed by atoms with Gasteiger partial charge in [-0.3, -0.25) is 0 Å². The Morgan fingerprint density at radius 1 is 0.315 bits per heavy atom. The van der Waals surface area contributed by atoms with Crippen LogP contribution in [0.2, 0.25) is 0 Å². The van der Waals surface area contributed by atoms with E-state index >= 15 is 0 Å². The van der Waals surface area contributed by atoms with Crippen LogP contribution in [0.15, 0.2) is 205 Å². The normalized spacial score (nSPS) is 11.7. The van der Waals surface area contributed by atoms with Crippen molar-refractivity contribution in [2.24, 2.45) is 0 Å². The first-order chi connectivity index (χ1) is 26.8. The Morgan fingerprint density at radius 3 is 1.69 bits per heavy atom. The van der Waals surface area contributed by atoms with Crippen molar-refractivity contribution < 1.29 is 4.42 Å². The van der Waals surface area contributed by atoms with Crippen molar-refractivity contribution in [1.29, 1.82) is 0 Å². The minimum Gasteiger partial charge on any atom is -0.455 e. The van der Waals surface area contributed by atoms with E-state index in [4.69, 9.17) is 4.42 Å². The maximum absolute atomic E-state index is 7.09. The molecule has 0 saturated carbocycles. The first-order valence-corrected chi connectivity index (χ1v) is 18.5. The van der Waals surface area contributed by atoms with Gasteiger partial charge in [-0.25, -0.2) is 0 Å². The number of rotatable bonds is 5. The molecule has 54 heavy (non-hydrogen) atoms. The van der Waals surface area contributed by atoms with Crippen LogP contribution in [0, 0.1) is 0 Å². The van der Waals surface area contributed by atoms with Gasteiger partial charge in [0.05, 0.1) is 0 Å². The molecule has 0 aliphatic rings. The number of furan rings is 1. The minimum atomic E-state index is 0.857. The monoisotopic (exact) mass is 687 g/mol. The van der Waals surface area contributed by atoms with Crippen LogP contribution in [0.5, 0.6) is 0 Å². The van der Waals surface area contributed by atoms with Gasteiger partial charge >= 0.3 is 0 Å². The smallest absolute Gasteiger partial charge is 0.143 e. The van der Waals surface area contributed by atoms with Crippen LogP contribution in [0.3, 0.4) is 0 Å². The molecule has 0 bridgehead atoms. The van der Waals surface area contributed by atoms with Gasteiger partial charge in [-0.05, 0) is 108 Å². The molecule has 252 valence electrons. The first kappa shape index (κ1) is 30.5. The lowest BCUT2D eigenvalue weighted by Gasteiger charge is -2.26. The molecule has 0 aliphatic heterocycles. The van der Waals surface area contributed by atoms with Gasteiger partial charge in [-0.15, -0.1) is 0 Å². The topological polar surface area (TPSA) is 16.4 Å². The van der Waals surface area contributed by atoms with Gasteiger partial charge < -0.3 is 9.32 Å². The second-order valence-corrected chi connectivity index (χ2v) is 14.1. The number of benzene rings is 10. The zero-order valence-electron chi connectivity index (χ0n) is 29.4. The summed E-state index contributed by atoms with van der Waals surface area (Å²) < 4.78 is 7.09. The van der Waals surface area contributed by atoms with Gasteiger partial charge in [-0.2, -0.15) is 0 Å². The highest BCUT2D eigenvalue weighted by atomic mass is 16.3. The molecule has 0 radical (unpaired) electrons. The van der Waals surface area contributed by atoms with E-state index in [-0.39, 0.29) is 0 Å². The van der Waals surface area contributed by atoms with E-state index in [1.165, 1.54) is 59.8 Å². The quantitative estimate of drug-likeness (QED) is 0.168. The molecule has 1 aromatic heterocycles. The van der Waals surface area contributed by atoms with Crippen LogP contribution in [0.25, 0.3) is 87.3 Å². The molecule has 10 aromatic carbocycles. The number of nitrogens with zero attached hydrogens (tertiary/aromatic N) is 1. The van der Waals surface area contributed by atoms with Crippen LogP contribution in [0.1, 0.15) is 0 Å². The van der Waals surface area contributed by atoms with Gasteiger partial charge in [0.15, 0.2) is 0 Å². The van der Waals surface area contributed by atoms with Crippen molar-refractivity contribution in [3.05, 3.63) is 200 Å². The third-order valence-electron chi connectivity index (χ3n) is 11.0. The van der Waals surface area contributed by atoms with E-state index in [1.54, 1.807) is 0 Å². The van der Waals surface area contributed by atoms with Crippen molar-refractivity contribution >= 4 is 82.1 Å². The minimum absolute atomic E-state index is 0.857. The third kappa shape index (κ3) is 4.88. The van der Waals surface area contributed by atoms with E-state index in [0.29, 0.717) is 0 Å². The van der Waals surface area contributed by atoms with Gasteiger partial charge in [0, 0.05) is 39.5 Å². The Labute approximate surface area is 312 Å². The van der Waals surface area contributed by atoms with Crippen LogP contribution >= 0.6 is 0 Å². The largest absolute Gasteiger partial charge is 0.455 e. The molecule has 0 aliphatic carbocycles. The molecule has 0 spiro atoms. The Bertz CT molecular complexity index is 3210.